The van der Waals surface area contributed by atoms with Crippen molar-refractivity contribution in [2.24, 2.45) is 5.92 Å². The molecular formula is C25H32N4O6. The van der Waals surface area contributed by atoms with Gasteiger partial charge >= 0.3 is 5.97 Å². The molecule has 2 N–H and O–H groups in total. The second-order valence-corrected chi connectivity index (χ2v) is 9.64. The third kappa shape index (κ3) is 4.67. The Kier molecular flexibility index (Phi) is 7.20. The molecule has 10 nitrogen and oxygen atoms in total. The third-order valence-corrected chi connectivity index (χ3v) is 6.99. The van der Waals surface area contributed by atoms with Crippen LogP contribution in [0.15, 0.2) is 18.2 Å². The molecule has 0 aliphatic carbocycles. The first-order chi connectivity index (χ1) is 16.7. The molecule has 1 unspecified atom stereocenters. The highest BCUT2D eigenvalue weighted by atomic mass is 16.5. The number of fused-ring (bicyclic) bond motifs is 1. The molecular weight excluding hydrogens is 452 g/mol. The van der Waals surface area contributed by atoms with Crippen LogP contribution in [0.5, 0.6) is 0 Å². The van der Waals surface area contributed by atoms with Crippen LogP contribution in [0.1, 0.15) is 66.7 Å². The minimum absolute atomic E-state index is 0.00433. The maximum absolute atomic E-state index is 13.2. The topological polar surface area (TPSA) is 130 Å². The maximum Gasteiger partial charge on any atom is 0.323 e. The average molecular weight is 485 g/mol. The van der Waals surface area contributed by atoms with Crippen molar-refractivity contribution in [3.8, 4) is 0 Å². The monoisotopic (exact) mass is 484 g/mol. The number of benzene rings is 1. The van der Waals surface area contributed by atoms with Crippen molar-refractivity contribution in [2.75, 3.05) is 32.0 Å². The van der Waals surface area contributed by atoms with Gasteiger partial charge < -0.3 is 10.5 Å². The van der Waals surface area contributed by atoms with Crippen LogP contribution in [0.25, 0.3) is 0 Å². The summed E-state index contributed by atoms with van der Waals surface area (Å²) in [7, 11) is 0. The predicted molar refractivity (Wildman–Crippen MR) is 126 cm³/mol. The number of rotatable bonds is 7. The molecule has 10 heteroatoms. The Balaban J connectivity index is 1.41. The second-order valence-electron chi connectivity index (χ2n) is 9.64. The predicted octanol–water partition coefficient (Wildman–Crippen LogP) is 1.44. The lowest BCUT2D eigenvalue weighted by atomic mass is 9.99. The molecule has 0 aromatic heterocycles. The highest BCUT2D eigenvalue weighted by molar-refractivity contribution is 6.25. The van der Waals surface area contributed by atoms with Gasteiger partial charge in [0.25, 0.3) is 17.7 Å². The number of carbonyl (C=O) groups excluding carboxylic acids is 5. The van der Waals surface area contributed by atoms with Crippen molar-refractivity contribution in [1.29, 1.82) is 0 Å². The number of imide groups is 2. The van der Waals surface area contributed by atoms with Gasteiger partial charge in [-0.3, -0.25) is 38.7 Å². The summed E-state index contributed by atoms with van der Waals surface area (Å²) >= 11 is 0. The van der Waals surface area contributed by atoms with Crippen molar-refractivity contribution in [2.45, 2.75) is 58.0 Å². The molecule has 0 bridgehead atoms. The Labute approximate surface area is 204 Å². The molecule has 2 saturated heterocycles. The van der Waals surface area contributed by atoms with Gasteiger partial charge in [-0.05, 0) is 50.4 Å². The molecule has 0 radical (unpaired) electrons. The van der Waals surface area contributed by atoms with E-state index in [0.29, 0.717) is 0 Å². The number of esters is 1. The van der Waals surface area contributed by atoms with Crippen LogP contribution in [0.3, 0.4) is 0 Å². The van der Waals surface area contributed by atoms with Gasteiger partial charge in [0.05, 0.1) is 17.7 Å². The number of piperidine rings is 2. The molecule has 4 amide bonds. The van der Waals surface area contributed by atoms with E-state index in [4.69, 9.17) is 10.5 Å². The van der Waals surface area contributed by atoms with E-state index >= 15 is 0 Å². The minimum Gasteiger partial charge on any atom is -0.463 e. The van der Waals surface area contributed by atoms with E-state index in [1.807, 2.05) is 13.8 Å². The number of carbonyl (C=O) groups is 5. The first-order valence-corrected chi connectivity index (χ1v) is 12.2. The van der Waals surface area contributed by atoms with E-state index in [2.05, 4.69) is 4.90 Å². The molecule has 3 aliphatic heterocycles. The second kappa shape index (κ2) is 10.2. The largest absolute Gasteiger partial charge is 0.463 e. The van der Waals surface area contributed by atoms with Gasteiger partial charge in [0.15, 0.2) is 0 Å². The van der Waals surface area contributed by atoms with E-state index in [0.717, 1.165) is 42.2 Å². The average Bonchev–Trinajstić information content (AvgIpc) is 3.08. The zero-order valence-electron chi connectivity index (χ0n) is 20.2. The fourth-order valence-corrected chi connectivity index (χ4v) is 5.27. The summed E-state index contributed by atoms with van der Waals surface area (Å²) in [6, 6.07) is 3.11. The quantitative estimate of drug-likeness (QED) is 0.350. The zero-order valence-corrected chi connectivity index (χ0v) is 20.2. The lowest BCUT2D eigenvalue weighted by molar-refractivity contribution is -0.158. The van der Waals surface area contributed by atoms with Crippen LogP contribution in [-0.4, -0.2) is 82.6 Å². The summed E-state index contributed by atoms with van der Waals surface area (Å²) in [4.78, 5) is 68.4. The van der Waals surface area contributed by atoms with Crippen LogP contribution in [0.4, 0.5) is 5.69 Å². The molecule has 0 spiro atoms. The van der Waals surface area contributed by atoms with E-state index in [1.54, 1.807) is 6.07 Å². The molecule has 35 heavy (non-hydrogen) atoms. The summed E-state index contributed by atoms with van der Waals surface area (Å²) in [5.74, 6) is -2.62. The lowest BCUT2D eigenvalue weighted by Gasteiger charge is -2.36. The Bertz CT molecular complexity index is 1050. The number of hydrogen-bond acceptors (Lipinski definition) is 8. The van der Waals surface area contributed by atoms with Gasteiger partial charge in [0.2, 0.25) is 5.91 Å². The van der Waals surface area contributed by atoms with E-state index in [1.165, 1.54) is 12.1 Å². The van der Waals surface area contributed by atoms with Crippen molar-refractivity contribution in [3.05, 3.63) is 29.3 Å². The van der Waals surface area contributed by atoms with E-state index in [9.17, 15) is 24.0 Å². The number of anilines is 1. The molecule has 1 aromatic carbocycles. The summed E-state index contributed by atoms with van der Waals surface area (Å²) in [5.41, 5.74) is 6.29. The van der Waals surface area contributed by atoms with Gasteiger partial charge in [-0.2, -0.15) is 0 Å². The third-order valence-electron chi connectivity index (χ3n) is 6.99. The molecule has 3 heterocycles. The van der Waals surface area contributed by atoms with Crippen molar-refractivity contribution >= 4 is 35.3 Å². The van der Waals surface area contributed by atoms with Crippen LogP contribution in [0.2, 0.25) is 0 Å². The standard InChI is InChI=1S/C25H32N4O6/c1-15(2)21(27-11-4-3-5-12-27)25(34)35-14-13-28-19(30)10-9-18(23(28)32)29-22(31)16-7-6-8-17(26)20(16)24(29)33/h6-8,15,18,21H,3-5,9-14,26H2,1-2H3/t18?,21-/m0/s1. The fraction of sp³-hybridized carbons (Fsp3) is 0.560. The number of ether oxygens (including phenoxy) is 1. The SMILES string of the molecule is CC(C)[C@@H](C(=O)OCCN1C(=O)CCC(N2C(=O)c3cccc(N)c3C2=O)C1=O)N1CCCCC1. The zero-order chi connectivity index (χ0) is 25.3. The number of likely N-dealkylation sites (tertiary alicyclic amines) is 2. The maximum atomic E-state index is 13.2. The van der Waals surface area contributed by atoms with Crippen molar-refractivity contribution < 1.29 is 28.7 Å². The van der Waals surface area contributed by atoms with Crippen LogP contribution < -0.4 is 5.73 Å². The summed E-state index contributed by atoms with van der Waals surface area (Å²) < 4.78 is 5.50. The highest BCUT2D eigenvalue weighted by Gasteiger charge is 2.47. The molecule has 2 atom stereocenters. The Morgan fingerprint density at radius 1 is 1.09 bits per heavy atom. The molecule has 4 rings (SSSR count). The molecule has 188 valence electrons. The molecule has 3 aliphatic rings. The van der Waals surface area contributed by atoms with E-state index < -0.39 is 29.7 Å². The molecule has 1 aromatic rings. The Morgan fingerprint density at radius 2 is 1.80 bits per heavy atom. The summed E-state index contributed by atoms with van der Waals surface area (Å²) in [5, 5.41) is 0. The van der Waals surface area contributed by atoms with Gasteiger partial charge in [0, 0.05) is 12.1 Å². The lowest BCUT2D eigenvalue weighted by Crippen LogP contribution is -2.56. The van der Waals surface area contributed by atoms with Crippen molar-refractivity contribution in [3.63, 3.8) is 0 Å². The van der Waals surface area contributed by atoms with Crippen molar-refractivity contribution in [1.82, 2.24) is 14.7 Å². The number of nitrogens with zero attached hydrogens (tertiary/aromatic N) is 3. The molecule has 2 fully saturated rings. The number of hydrogen-bond donors (Lipinski definition) is 1. The fourth-order valence-electron chi connectivity index (χ4n) is 5.27. The van der Waals surface area contributed by atoms with Gasteiger partial charge in [-0.1, -0.05) is 26.3 Å². The van der Waals surface area contributed by atoms with Gasteiger partial charge in [0.1, 0.15) is 18.7 Å². The first kappa shape index (κ1) is 24.8. The number of amides is 4. The first-order valence-electron chi connectivity index (χ1n) is 12.2. The van der Waals surface area contributed by atoms with Crippen LogP contribution in [0, 0.1) is 5.92 Å². The molecule has 0 saturated carbocycles. The number of nitrogen functional groups attached to an aromatic ring is 1. The number of nitrogens with two attached hydrogens (primary N) is 1. The van der Waals surface area contributed by atoms with E-state index in [-0.39, 0.29) is 60.7 Å². The van der Waals surface area contributed by atoms with Crippen LogP contribution in [-0.2, 0) is 19.1 Å². The van der Waals surface area contributed by atoms with Gasteiger partial charge in [-0.25, -0.2) is 0 Å². The Morgan fingerprint density at radius 3 is 2.46 bits per heavy atom. The highest BCUT2D eigenvalue weighted by Crippen LogP contribution is 2.32. The summed E-state index contributed by atoms with van der Waals surface area (Å²) in [6.45, 7) is 5.35. The minimum atomic E-state index is -1.10. The van der Waals surface area contributed by atoms with Crippen LogP contribution >= 0.6 is 0 Å². The smallest absolute Gasteiger partial charge is 0.323 e. The van der Waals surface area contributed by atoms with Gasteiger partial charge in [-0.15, -0.1) is 0 Å². The summed E-state index contributed by atoms with van der Waals surface area (Å²) in [6.07, 6.45) is 3.27. The Hall–Kier alpha value is -3.27. The normalized spacial score (nSPS) is 22.1.